The minimum atomic E-state index is 0.0556. The lowest BCUT2D eigenvalue weighted by Gasteiger charge is -2.13. The molecule has 0 aromatic carbocycles. The van der Waals surface area contributed by atoms with Crippen molar-refractivity contribution in [1.29, 1.82) is 0 Å². The second-order valence-corrected chi connectivity index (χ2v) is 6.16. The van der Waals surface area contributed by atoms with Gasteiger partial charge in [0.1, 0.15) is 5.01 Å². The number of likely N-dealkylation sites (tertiary alicyclic amines) is 1. The SMILES string of the molecule is NCc1nc(CC(=O)NCCCCN2CCCC2)cs1. The van der Waals surface area contributed by atoms with Crippen LogP contribution in [0.5, 0.6) is 0 Å². The molecule has 112 valence electrons. The van der Waals surface area contributed by atoms with E-state index in [2.05, 4.69) is 15.2 Å². The predicted molar refractivity (Wildman–Crippen MR) is 81.6 cm³/mol. The van der Waals surface area contributed by atoms with Gasteiger partial charge in [-0.05, 0) is 45.3 Å². The predicted octanol–water partition coefficient (Wildman–Crippen LogP) is 1.14. The van der Waals surface area contributed by atoms with Gasteiger partial charge in [-0.3, -0.25) is 4.79 Å². The molecular weight excluding hydrogens is 272 g/mol. The molecule has 0 saturated carbocycles. The van der Waals surface area contributed by atoms with Crippen LogP contribution in [0, 0.1) is 0 Å². The third-order valence-electron chi connectivity index (χ3n) is 3.54. The van der Waals surface area contributed by atoms with Gasteiger partial charge in [0.25, 0.3) is 0 Å². The quantitative estimate of drug-likeness (QED) is 0.706. The maximum atomic E-state index is 11.7. The zero-order valence-corrected chi connectivity index (χ0v) is 12.8. The van der Waals surface area contributed by atoms with Crippen molar-refractivity contribution in [2.45, 2.75) is 38.6 Å². The number of nitrogens with two attached hydrogens (primary N) is 1. The molecule has 0 unspecified atom stereocenters. The van der Waals surface area contributed by atoms with Gasteiger partial charge in [-0.1, -0.05) is 0 Å². The lowest BCUT2D eigenvalue weighted by atomic mass is 10.2. The highest BCUT2D eigenvalue weighted by atomic mass is 32.1. The highest BCUT2D eigenvalue weighted by molar-refractivity contribution is 7.09. The normalized spacial score (nSPS) is 15.7. The van der Waals surface area contributed by atoms with Gasteiger partial charge in [0.05, 0.1) is 12.1 Å². The molecule has 5 nitrogen and oxygen atoms in total. The number of rotatable bonds is 8. The molecule has 1 saturated heterocycles. The first-order chi connectivity index (χ1) is 9.78. The van der Waals surface area contributed by atoms with Crippen molar-refractivity contribution in [3.05, 3.63) is 16.1 Å². The minimum Gasteiger partial charge on any atom is -0.356 e. The van der Waals surface area contributed by atoms with Gasteiger partial charge in [-0.25, -0.2) is 4.98 Å². The van der Waals surface area contributed by atoms with Gasteiger partial charge < -0.3 is 16.0 Å². The number of hydrogen-bond donors (Lipinski definition) is 2. The van der Waals surface area contributed by atoms with E-state index in [1.165, 1.54) is 43.8 Å². The molecule has 1 aliphatic heterocycles. The first-order valence-corrected chi connectivity index (χ1v) is 8.28. The Balaban J connectivity index is 1.53. The third kappa shape index (κ3) is 5.19. The first kappa shape index (κ1) is 15.4. The first-order valence-electron chi connectivity index (χ1n) is 7.40. The van der Waals surface area contributed by atoms with E-state index >= 15 is 0 Å². The molecule has 0 bridgehead atoms. The number of hydrogen-bond acceptors (Lipinski definition) is 5. The Kier molecular flexibility index (Phi) is 6.42. The standard InChI is InChI=1S/C14H24N4OS/c15-10-14-17-12(11-20-14)9-13(19)16-5-1-2-6-18-7-3-4-8-18/h11H,1-10,15H2,(H,16,19). The van der Waals surface area contributed by atoms with Crippen LogP contribution in [0.3, 0.4) is 0 Å². The molecule has 6 heteroatoms. The number of nitrogens with one attached hydrogen (secondary N) is 1. The lowest BCUT2D eigenvalue weighted by molar-refractivity contribution is -0.120. The molecule has 1 aromatic heterocycles. The van der Waals surface area contributed by atoms with Crippen LogP contribution in [0.25, 0.3) is 0 Å². The van der Waals surface area contributed by atoms with Gasteiger partial charge in [0.2, 0.25) is 5.91 Å². The fourth-order valence-electron chi connectivity index (χ4n) is 2.45. The summed E-state index contributed by atoms with van der Waals surface area (Å²) in [5.74, 6) is 0.0556. The molecule has 0 atom stereocenters. The number of unbranched alkanes of at least 4 members (excludes halogenated alkanes) is 1. The maximum absolute atomic E-state index is 11.7. The smallest absolute Gasteiger partial charge is 0.226 e. The van der Waals surface area contributed by atoms with E-state index in [9.17, 15) is 4.79 Å². The summed E-state index contributed by atoms with van der Waals surface area (Å²) in [4.78, 5) is 18.5. The Bertz CT molecular complexity index is 415. The van der Waals surface area contributed by atoms with E-state index in [0.717, 1.165) is 30.1 Å². The molecule has 2 rings (SSSR count). The summed E-state index contributed by atoms with van der Waals surface area (Å²) in [5, 5.41) is 5.76. The van der Waals surface area contributed by atoms with Crippen molar-refractivity contribution in [1.82, 2.24) is 15.2 Å². The highest BCUT2D eigenvalue weighted by Gasteiger charge is 2.10. The van der Waals surface area contributed by atoms with Crippen molar-refractivity contribution < 1.29 is 4.79 Å². The summed E-state index contributed by atoms with van der Waals surface area (Å²) in [6, 6.07) is 0. The molecule has 1 aliphatic rings. The van der Waals surface area contributed by atoms with Crippen LogP contribution in [0.4, 0.5) is 0 Å². The fourth-order valence-corrected chi connectivity index (χ4v) is 3.12. The van der Waals surface area contributed by atoms with Crippen molar-refractivity contribution in [2.24, 2.45) is 5.73 Å². The van der Waals surface area contributed by atoms with Crippen LogP contribution in [-0.2, 0) is 17.8 Å². The molecular formula is C14H24N4OS. The average molecular weight is 296 g/mol. The molecule has 0 spiro atoms. The zero-order valence-electron chi connectivity index (χ0n) is 11.9. The molecule has 1 fully saturated rings. The Hall–Kier alpha value is -0.980. The molecule has 0 radical (unpaired) electrons. The van der Waals surface area contributed by atoms with Crippen LogP contribution in [0.2, 0.25) is 0 Å². The Morgan fingerprint density at radius 3 is 2.90 bits per heavy atom. The van der Waals surface area contributed by atoms with Crippen LogP contribution in [-0.4, -0.2) is 42.0 Å². The maximum Gasteiger partial charge on any atom is 0.226 e. The van der Waals surface area contributed by atoms with E-state index in [1.54, 1.807) is 0 Å². The summed E-state index contributed by atoms with van der Waals surface area (Å²) in [7, 11) is 0. The molecule has 3 N–H and O–H groups in total. The van der Waals surface area contributed by atoms with E-state index in [-0.39, 0.29) is 5.91 Å². The summed E-state index contributed by atoms with van der Waals surface area (Å²) in [5.41, 5.74) is 6.33. The number of amides is 1. The second kappa shape index (κ2) is 8.34. The lowest BCUT2D eigenvalue weighted by Crippen LogP contribution is -2.27. The number of carbonyl (C=O) groups is 1. The van der Waals surface area contributed by atoms with Crippen molar-refractivity contribution >= 4 is 17.2 Å². The Morgan fingerprint density at radius 1 is 1.40 bits per heavy atom. The summed E-state index contributed by atoms with van der Waals surface area (Å²) < 4.78 is 0. The molecule has 2 heterocycles. The summed E-state index contributed by atoms with van der Waals surface area (Å²) in [6.07, 6.45) is 5.26. The summed E-state index contributed by atoms with van der Waals surface area (Å²) in [6.45, 7) is 4.88. The van der Waals surface area contributed by atoms with E-state index in [0.29, 0.717) is 13.0 Å². The number of thiazole rings is 1. The van der Waals surface area contributed by atoms with E-state index in [1.807, 2.05) is 5.38 Å². The van der Waals surface area contributed by atoms with Crippen molar-refractivity contribution in [2.75, 3.05) is 26.2 Å². The van der Waals surface area contributed by atoms with Crippen LogP contribution >= 0.6 is 11.3 Å². The van der Waals surface area contributed by atoms with Gasteiger partial charge in [-0.2, -0.15) is 0 Å². The van der Waals surface area contributed by atoms with Crippen molar-refractivity contribution in [3.8, 4) is 0 Å². The minimum absolute atomic E-state index is 0.0556. The average Bonchev–Trinajstić information content (AvgIpc) is 3.09. The topological polar surface area (TPSA) is 71.2 Å². The number of aromatic nitrogens is 1. The number of nitrogens with zero attached hydrogens (tertiary/aromatic N) is 2. The zero-order chi connectivity index (χ0) is 14.2. The molecule has 20 heavy (non-hydrogen) atoms. The summed E-state index contributed by atoms with van der Waals surface area (Å²) >= 11 is 1.52. The fraction of sp³-hybridized carbons (Fsp3) is 0.714. The van der Waals surface area contributed by atoms with Gasteiger partial charge in [-0.15, -0.1) is 11.3 Å². The third-order valence-corrected chi connectivity index (χ3v) is 4.46. The van der Waals surface area contributed by atoms with Crippen molar-refractivity contribution in [3.63, 3.8) is 0 Å². The largest absolute Gasteiger partial charge is 0.356 e. The van der Waals surface area contributed by atoms with Crippen LogP contribution < -0.4 is 11.1 Å². The van der Waals surface area contributed by atoms with E-state index < -0.39 is 0 Å². The van der Waals surface area contributed by atoms with Gasteiger partial charge in [0.15, 0.2) is 0 Å². The van der Waals surface area contributed by atoms with Gasteiger partial charge in [0, 0.05) is 18.5 Å². The number of carbonyl (C=O) groups excluding carboxylic acids is 1. The molecule has 0 aliphatic carbocycles. The highest BCUT2D eigenvalue weighted by Crippen LogP contribution is 2.09. The molecule has 1 aromatic rings. The second-order valence-electron chi connectivity index (χ2n) is 5.22. The van der Waals surface area contributed by atoms with Crippen LogP contribution in [0.1, 0.15) is 36.4 Å². The van der Waals surface area contributed by atoms with Gasteiger partial charge >= 0.3 is 0 Å². The monoisotopic (exact) mass is 296 g/mol. The Morgan fingerprint density at radius 2 is 2.20 bits per heavy atom. The van der Waals surface area contributed by atoms with E-state index in [4.69, 9.17) is 5.73 Å². The Labute approximate surface area is 124 Å². The van der Waals surface area contributed by atoms with Crippen LogP contribution in [0.15, 0.2) is 5.38 Å². The molecule has 1 amide bonds.